The summed E-state index contributed by atoms with van der Waals surface area (Å²) in [5, 5.41) is 8.36. The Labute approximate surface area is 211 Å². The molecule has 1 aromatic carbocycles. The molecule has 0 atom stereocenters. The number of hydrogen-bond donors (Lipinski definition) is 2. The Morgan fingerprint density at radius 1 is 1.11 bits per heavy atom. The summed E-state index contributed by atoms with van der Waals surface area (Å²) in [5.74, 6) is -0.265. The van der Waals surface area contributed by atoms with E-state index in [0.717, 1.165) is 34.4 Å². The molecule has 0 saturated heterocycles. The van der Waals surface area contributed by atoms with Gasteiger partial charge < -0.3 is 15.2 Å². The zero-order valence-corrected chi connectivity index (χ0v) is 22.1. The predicted octanol–water partition coefficient (Wildman–Crippen LogP) is 4.28. The first kappa shape index (κ1) is 25.3. The normalized spacial score (nSPS) is 11.6. The molecule has 0 aliphatic carbocycles. The van der Waals surface area contributed by atoms with Crippen LogP contribution in [-0.4, -0.2) is 44.7 Å². The monoisotopic (exact) mass is 486 g/mol. The number of benzene rings is 1. The van der Waals surface area contributed by atoms with Gasteiger partial charge in [0.15, 0.2) is 5.65 Å². The van der Waals surface area contributed by atoms with Gasteiger partial charge in [0.1, 0.15) is 0 Å². The Balaban J connectivity index is 1.77. The number of aromatic nitrogens is 4. The van der Waals surface area contributed by atoms with Crippen molar-refractivity contribution in [3.8, 4) is 11.3 Å². The predicted molar refractivity (Wildman–Crippen MR) is 143 cm³/mol. The van der Waals surface area contributed by atoms with Crippen LogP contribution in [0.3, 0.4) is 0 Å². The molecule has 188 valence electrons. The lowest BCUT2D eigenvalue weighted by Crippen LogP contribution is -2.28. The quantitative estimate of drug-likeness (QED) is 0.406. The number of amides is 1. The second-order valence-electron chi connectivity index (χ2n) is 9.94. The van der Waals surface area contributed by atoms with Crippen molar-refractivity contribution in [3.05, 3.63) is 80.4 Å². The van der Waals surface area contributed by atoms with Crippen LogP contribution < -0.4 is 10.9 Å². The molecule has 2 N–H and O–H groups in total. The van der Waals surface area contributed by atoms with Gasteiger partial charge in [0.05, 0.1) is 22.3 Å². The molecule has 0 saturated carbocycles. The molecule has 4 rings (SSSR count). The number of pyridine rings is 2. The number of rotatable bonds is 7. The maximum absolute atomic E-state index is 13.5. The van der Waals surface area contributed by atoms with E-state index in [1.165, 1.54) is 5.56 Å². The van der Waals surface area contributed by atoms with Crippen molar-refractivity contribution in [1.29, 1.82) is 0 Å². The summed E-state index contributed by atoms with van der Waals surface area (Å²) >= 11 is 0. The maximum Gasteiger partial charge on any atom is 0.253 e. The number of nitrogens with one attached hydrogen (secondary N) is 2. The second kappa shape index (κ2) is 10.1. The Morgan fingerprint density at radius 2 is 1.81 bits per heavy atom. The Morgan fingerprint density at radius 3 is 2.42 bits per heavy atom. The van der Waals surface area contributed by atoms with Gasteiger partial charge in [-0.25, -0.2) is 9.67 Å². The zero-order valence-electron chi connectivity index (χ0n) is 22.1. The molecule has 0 radical (unpaired) electrons. The van der Waals surface area contributed by atoms with Gasteiger partial charge in [-0.1, -0.05) is 24.3 Å². The topological polar surface area (TPSA) is 95.9 Å². The third-order valence-electron chi connectivity index (χ3n) is 6.24. The number of carbonyl (C=O) groups is 1. The highest BCUT2D eigenvalue weighted by Crippen LogP contribution is 2.29. The molecule has 0 aliphatic heterocycles. The number of H-pyrrole nitrogens is 1. The molecule has 0 aliphatic rings. The largest absolute Gasteiger partial charge is 0.348 e. The summed E-state index contributed by atoms with van der Waals surface area (Å²) in [5.41, 5.74) is 6.74. The summed E-state index contributed by atoms with van der Waals surface area (Å²) in [6.45, 7) is 10.7. The lowest BCUT2D eigenvalue weighted by atomic mass is 10.0. The minimum atomic E-state index is -0.265. The minimum Gasteiger partial charge on any atom is -0.348 e. The first-order chi connectivity index (χ1) is 17.0. The van der Waals surface area contributed by atoms with Gasteiger partial charge in [0.2, 0.25) is 0 Å². The zero-order chi connectivity index (χ0) is 26.1. The van der Waals surface area contributed by atoms with Crippen LogP contribution in [-0.2, 0) is 13.1 Å². The van der Waals surface area contributed by atoms with Crippen molar-refractivity contribution in [3.63, 3.8) is 0 Å². The van der Waals surface area contributed by atoms with Gasteiger partial charge in [-0.05, 0) is 72.0 Å². The number of aromatic amines is 1. The maximum atomic E-state index is 13.5. The van der Waals surface area contributed by atoms with Crippen molar-refractivity contribution in [1.82, 2.24) is 30.0 Å². The molecule has 3 aromatic heterocycles. The SMILES string of the molecule is Cc1cc(C)c(CNC(=O)c2cc(-c3ccc(CN(C)C)cc3)nc3c2c(C)nn3C(C)C)c(=O)[nH]1. The number of hydrogen-bond acceptors (Lipinski definition) is 5. The molecule has 0 bridgehead atoms. The highest BCUT2D eigenvalue weighted by molar-refractivity contribution is 6.07. The summed E-state index contributed by atoms with van der Waals surface area (Å²) in [6.07, 6.45) is 0. The summed E-state index contributed by atoms with van der Waals surface area (Å²) < 4.78 is 1.86. The Bertz CT molecular complexity index is 1480. The molecular formula is C28H34N6O2. The fourth-order valence-electron chi connectivity index (χ4n) is 4.51. The molecule has 0 unspecified atom stereocenters. The molecule has 8 nitrogen and oxygen atoms in total. The highest BCUT2D eigenvalue weighted by atomic mass is 16.1. The summed E-state index contributed by atoms with van der Waals surface area (Å²) in [7, 11) is 4.07. The second-order valence-corrected chi connectivity index (χ2v) is 9.94. The van der Waals surface area contributed by atoms with Crippen LogP contribution in [0.5, 0.6) is 0 Å². The van der Waals surface area contributed by atoms with E-state index in [1.54, 1.807) is 0 Å². The van der Waals surface area contributed by atoms with Gasteiger partial charge in [-0.15, -0.1) is 0 Å². The lowest BCUT2D eigenvalue weighted by molar-refractivity contribution is 0.0952. The Kier molecular flexibility index (Phi) is 7.08. The van der Waals surface area contributed by atoms with Crippen LogP contribution in [0.2, 0.25) is 0 Å². The molecule has 0 fully saturated rings. The third-order valence-corrected chi connectivity index (χ3v) is 6.24. The van der Waals surface area contributed by atoms with Crippen molar-refractivity contribution in [2.24, 2.45) is 0 Å². The first-order valence-electron chi connectivity index (χ1n) is 12.2. The molecule has 8 heteroatoms. The molecule has 1 amide bonds. The van der Waals surface area contributed by atoms with Gasteiger partial charge in [-0.2, -0.15) is 5.10 Å². The summed E-state index contributed by atoms with van der Waals surface area (Å²) in [4.78, 5) is 35.8. The lowest BCUT2D eigenvalue weighted by Gasteiger charge is -2.13. The van der Waals surface area contributed by atoms with Crippen LogP contribution in [0, 0.1) is 20.8 Å². The third kappa shape index (κ3) is 5.09. The molecule has 3 heterocycles. The Hall–Kier alpha value is -3.78. The summed E-state index contributed by atoms with van der Waals surface area (Å²) in [6, 6.07) is 12.0. The first-order valence-corrected chi connectivity index (χ1v) is 12.2. The number of nitrogens with zero attached hydrogens (tertiary/aromatic N) is 4. The number of carbonyl (C=O) groups excluding carboxylic acids is 1. The van der Waals surface area contributed by atoms with E-state index in [2.05, 4.69) is 32.4 Å². The average Bonchev–Trinajstić information content (AvgIpc) is 3.14. The number of aryl methyl sites for hydroxylation is 3. The van der Waals surface area contributed by atoms with E-state index in [4.69, 9.17) is 4.98 Å². The molecule has 36 heavy (non-hydrogen) atoms. The van der Waals surface area contributed by atoms with E-state index >= 15 is 0 Å². The van der Waals surface area contributed by atoms with Crippen LogP contribution in [0.1, 0.15) is 58.3 Å². The standard InChI is InChI=1S/C28H34N6O2/c1-16(2)34-26-25(19(5)32-34)22(27(35)29-14-23-17(3)12-18(4)30-28(23)36)13-24(31-26)21-10-8-20(9-11-21)15-33(6)7/h8-13,16H,14-15H2,1-7H3,(H,29,35)(H,30,36). The minimum absolute atomic E-state index is 0.0797. The smallest absolute Gasteiger partial charge is 0.253 e. The van der Waals surface area contributed by atoms with E-state index in [0.29, 0.717) is 22.5 Å². The fourth-order valence-corrected chi connectivity index (χ4v) is 4.51. The van der Waals surface area contributed by atoms with Crippen LogP contribution in [0.4, 0.5) is 0 Å². The fraction of sp³-hybridized carbons (Fsp3) is 0.357. The van der Waals surface area contributed by atoms with E-state index in [9.17, 15) is 9.59 Å². The van der Waals surface area contributed by atoms with E-state index in [-0.39, 0.29) is 24.1 Å². The molecular weight excluding hydrogens is 452 g/mol. The van der Waals surface area contributed by atoms with E-state index in [1.807, 2.05) is 77.7 Å². The van der Waals surface area contributed by atoms with Crippen LogP contribution in [0.15, 0.2) is 41.2 Å². The average molecular weight is 487 g/mol. The number of fused-ring (bicyclic) bond motifs is 1. The van der Waals surface area contributed by atoms with E-state index < -0.39 is 0 Å². The van der Waals surface area contributed by atoms with Gasteiger partial charge in [0, 0.05) is 36.0 Å². The van der Waals surface area contributed by atoms with Crippen LogP contribution >= 0.6 is 0 Å². The van der Waals surface area contributed by atoms with Crippen molar-refractivity contribution >= 4 is 16.9 Å². The van der Waals surface area contributed by atoms with Crippen molar-refractivity contribution in [2.45, 2.75) is 53.8 Å². The van der Waals surface area contributed by atoms with Gasteiger partial charge in [0.25, 0.3) is 11.5 Å². The van der Waals surface area contributed by atoms with Crippen molar-refractivity contribution < 1.29 is 4.79 Å². The van der Waals surface area contributed by atoms with Gasteiger partial charge >= 0.3 is 0 Å². The van der Waals surface area contributed by atoms with Crippen molar-refractivity contribution in [2.75, 3.05) is 14.1 Å². The molecule has 4 aromatic rings. The highest BCUT2D eigenvalue weighted by Gasteiger charge is 2.21. The van der Waals surface area contributed by atoms with Crippen LogP contribution in [0.25, 0.3) is 22.3 Å². The van der Waals surface area contributed by atoms with Gasteiger partial charge in [-0.3, -0.25) is 9.59 Å². The molecule has 0 spiro atoms.